The number of benzene rings is 2. The fraction of sp³-hybridized carbons (Fsp3) is 0.100. The van der Waals surface area contributed by atoms with Crippen molar-refractivity contribution in [3.8, 4) is 5.75 Å². The van der Waals surface area contributed by atoms with Crippen molar-refractivity contribution in [2.24, 2.45) is 0 Å². The van der Waals surface area contributed by atoms with Crippen LogP contribution in [0.15, 0.2) is 70.0 Å². The Bertz CT molecular complexity index is 1190. The third kappa shape index (κ3) is 3.36. The highest BCUT2D eigenvalue weighted by molar-refractivity contribution is 5.82. The van der Waals surface area contributed by atoms with Gasteiger partial charge in [-0.25, -0.2) is 4.79 Å². The molecule has 0 amide bonds. The largest absolute Gasteiger partial charge is 0.489 e. The number of hydrogen-bond donors (Lipinski definition) is 0. The minimum Gasteiger partial charge on any atom is -0.489 e. The summed E-state index contributed by atoms with van der Waals surface area (Å²) in [5, 5.41) is 0.763. The molecule has 0 radical (unpaired) electrons. The van der Waals surface area contributed by atoms with Gasteiger partial charge in [0.25, 0.3) is 0 Å². The second-order valence-corrected chi connectivity index (χ2v) is 5.92. The first-order chi connectivity index (χ1) is 12.9. The molecule has 0 aliphatic rings. The van der Waals surface area contributed by atoms with Crippen molar-refractivity contribution in [2.45, 2.75) is 12.8 Å². The van der Waals surface area contributed by atoms with E-state index in [1.165, 1.54) is 18.2 Å². The van der Waals surface area contributed by atoms with Gasteiger partial charge in [-0.3, -0.25) is 4.98 Å². The zero-order valence-corrected chi connectivity index (χ0v) is 13.8. The molecule has 136 valence electrons. The van der Waals surface area contributed by atoms with Crippen LogP contribution in [0.1, 0.15) is 11.1 Å². The van der Waals surface area contributed by atoms with Crippen LogP contribution in [0.2, 0.25) is 0 Å². The van der Waals surface area contributed by atoms with E-state index >= 15 is 0 Å². The Labute approximate surface area is 150 Å². The summed E-state index contributed by atoms with van der Waals surface area (Å²) in [4.78, 5) is 15.8. The molecule has 2 aromatic heterocycles. The van der Waals surface area contributed by atoms with E-state index in [1.807, 2.05) is 30.3 Å². The van der Waals surface area contributed by atoms with Gasteiger partial charge < -0.3 is 9.15 Å². The quantitative estimate of drug-likeness (QED) is 0.479. The number of fused-ring (bicyclic) bond motifs is 2. The number of alkyl halides is 3. The van der Waals surface area contributed by atoms with Crippen LogP contribution >= 0.6 is 0 Å². The minimum absolute atomic E-state index is 0.170. The number of nitrogens with zero attached hydrogens (tertiary/aromatic N) is 1. The molecule has 0 atom stereocenters. The molecule has 2 aromatic carbocycles. The van der Waals surface area contributed by atoms with Crippen molar-refractivity contribution in [2.75, 3.05) is 0 Å². The summed E-state index contributed by atoms with van der Waals surface area (Å²) < 4.78 is 49.9. The molecule has 27 heavy (non-hydrogen) atoms. The van der Waals surface area contributed by atoms with Gasteiger partial charge in [0, 0.05) is 34.7 Å². The van der Waals surface area contributed by atoms with Crippen molar-refractivity contribution in [1.82, 2.24) is 4.98 Å². The Hall–Kier alpha value is -3.35. The van der Waals surface area contributed by atoms with Crippen LogP contribution in [0.4, 0.5) is 13.2 Å². The standard InChI is InChI=1S/C20H12F3NO3/c21-20(22,23)16-10-18(25)27-17-9-14(6-7-15(16)17)26-11-13-4-1-3-12-5-2-8-24-19(12)13/h1-10H,11H2. The second-order valence-electron chi connectivity index (χ2n) is 5.92. The fourth-order valence-corrected chi connectivity index (χ4v) is 2.91. The Kier molecular flexibility index (Phi) is 4.07. The molecule has 4 rings (SSSR count). The minimum atomic E-state index is -4.65. The highest BCUT2D eigenvalue weighted by atomic mass is 19.4. The van der Waals surface area contributed by atoms with E-state index in [-0.39, 0.29) is 23.3 Å². The van der Waals surface area contributed by atoms with Crippen molar-refractivity contribution in [3.63, 3.8) is 0 Å². The molecule has 0 unspecified atom stereocenters. The SMILES string of the molecule is O=c1cc(C(F)(F)F)c2ccc(OCc3cccc4cccnc34)cc2o1. The highest BCUT2D eigenvalue weighted by Crippen LogP contribution is 2.35. The van der Waals surface area contributed by atoms with Crippen LogP contribution in [0.3, 0.4) is 0 Å². The zero-order valence-electron chi connectivity index (χ0n) is 13.8. The summed E-state index contributed by atoms with van der Waals surface area (Å²) >= 11 is 0. The molecular formula is C20H12F3NO3. The van der Waals surface area contributed by atoms with E-state index in [9.17, 15) is 18.0 Å². The summed E-state index contributed by atoms with van der Waals surface area (Å²) in [7, 11) is 0. The summed E-state index contributed by atoms with van der Waals surface area (Å²) in [5.74, 6) is 0.290. The van der Waals surface area contributed by atoms with Gasteiger partial charge >= 0.3 is 11.8 Å². The van der Waals surface area contributed by atoms with E-state index in [0.29, 0.717) is 6.07 Å². The molecular weight excluding hydrogens is 359 g/mol. The number of para-hydroxylation sites is 1. The summed E-state index contributed by atoms with van der Waals surface area (Å²) in [6.45, 7) is 0.170. The van der Waals surface area contributed by atoms with Crippen LogP contribution in [-0.4, -0.2) is 4.98 Å². The average Bonchev–Trinajstić information content (AvgIpc) is 2.64. The van der Waals surface area contributed by atoms with Crippen LogP contribution in [-0.2, 0) is 12.8 Å². The molecule has 4 aromatic rings. The van der Waals surface area contributed by atoms with E-state index in [0.717, 1.165) is 16.5 Å². The molecule has 4 nitrogen and oxygen atoms in total. The van der Waals surface area contributed by atoms with Gasteiger partial charge in [-0.1, -0.05) is 24.3 Å². The molecule has 0 aliphatic heterocycles. The first-order valence-electron chi connectivity index (χ1n) is 8.02. The van der Waals surface area contributed by atoms with Crippen LogP contribution in [0, 0.1) is 0 Å². The van der Waals surface area contributed by atoms with E-state index in [4.69, 9.17) is 9.15 Å². The Morgan fingerprint density at radius 3 is 2.67 bits per heavy atom. The second kappa shape index (κ2) is 6.42. The lowest BCUT2D eigenvalue weighted by Crippen LogP contribution is -2.11. The summed E-state index contributed by atoms with van der Waals surface area (Å²) in [5.41, 5.74) is -0.655. The Morgan fingerprint density at radius 1 is 1.04 bits per heavy atom. The lowest BCUT2D eigenvalue weighted by atomic mass is 10.1. The number of rotatable bonds is 3. The van der Waals surface area contributed by atoms with Gasteiger partial charge in [-0.05, 0) is 18.2 Å². The molecule has 0 aliphatic carbocycles. The van der Waals surface area contributed by atoms with Crippen molar-refractivity contribution in [1.29, 1.82) is 0 Å². The van der Waals surface area contributed by atoms with Gasteiger partial charge in [-0.15, -0.1) is 0 Å². The predicted molar refractivity (Wildman–Crippen MR) is 93.6 cm³/mol. The number of ether oxygens (including phenoxy) is 1. The van der Waals surface area contributed by atoms with Crippen LogP contribution < -0.4 is 10.4 Å². The molecule has 0 saturated heterocycles. The maximum atomic E-state index is 13.1. The van der Waals surface area contributed by atoms with Gasteiger partial charge in [0.15, 0.2) is 0 Å². The normalized spacial score (nSPS) is 11.8. The van der Waals surface area contributed by atoms with E-state index < -0.39 is 17.4 Å². The first-order valence-corrected chi connectivity index (χ1v) is 8.02. The molecule has 2 heterocycles. The topological polar surface area (TPSA) is 52.3 Å². The lowest BCUT2D eigenvalue weighted by molar-refractivity contribution is -0.136. The first kappa shape index (κ1) is 17.1. The van der Waals surface area contributed by atoms with Gasteiger partial charge in [0.05, 0.1) is 11.1 Å². The van der Waals surface area contributed by atoms with Crippen molar-refractivity contribution >= 4 is 21.9 Å². The summed E-state index contributed by atoms with van der Waals surface area (Å²) in [6, 6.07) is 13.8. The average molecular weight is 371 g/mol. The molecule has 0 fully saturated rings. The number of aromatic nitrogens is 1. The van der Waals surface area contributed by atoms with E-state index in [2.05, 4.69) is 4.98 Å². The van der Waals surface area contributed by atoms with Crippen molar-refractivity contribution < 1.29 is 22.3 Å². The summed E-state index contributed by atoms with van der Waals surface area (Å²) in [6.07, 6.45) is -2.97. The Morgan fingerprint density at radius 2 is 1.85 bits per heavy atom. The van der Waals surface area contributed by atoms with Crippen molar-refractivity contribution in [3.05, 3.63) is 82.3 Å². The van der Waals surface area contributed by atoms with Crippen LogP contribution in [0.25, 0.3) is 21.9 Å². The molecule has 7 heteroatoms. The third-order valence-electron chi connectivity index (χ3n) is 4.13. The fourth-order valence-electron chi connectivity index (χ4n) is 2.91. The molecule has 0 spiro atoms. The Balaban J connectivity index is 1.68. The third-order valence-corrected chi connectivity index (χ3v) is 4.13. The van der Waals surface area contributed by atoms with Gasteiger partial charge in [-0.2, -0.15) is 13.2 Å². The maximum absolute atomic E-state index is 13.1. The smallest absolute Gasteiger partial charge is 0.417 e. The number of hydrogen-bond acceptors (Lipinski definition) is 4. The number of pyridine rings is 1. The number of halogens is 3. The van der Waals surface area contributed by atoms with E-state index in [1.54, 1.807) is 6.20 Å². The van der Waals surface area contributed by atoms with Gasteiger partial charge in [0.1, 0.15) is 17.9 Å². The molecule has 0 bridgehead atoms. The maximum Gasteiger partial charge on any atom is 0.417 e. The van der Waals surface area contributed by atoms with Crippen LogP contribution in [0.5, 0.6) is 5.75 Å². The molecule has 0 N–H and O–H groups in total. The lowest BCUT2D eigenvalue weighted by Gasteiger charge is -2.11. The monoisotopic (exact) mass is 371 g/mol. The molecule has 0 saturated carbocycles. The van der Waals surface area contributed by atoms with Gasteiger partial charge in [0.2, 0.25) is 0 Å². The predicted octanol–water partition coefficient (Wildman–Crippen LogP) is 4.94. The zero-order chi connectivity index (χ0) is 19.0. The highest BCUT2D eigenvalue weighted by Gasteiger charge is 2.33.